The summed E-state index contributed by atoms with van der Waals surface area (Å²) in [5.41, 5.74) is 1.30. The van der Waals surface area contributed by atoms with Gasteiger partial charge in [0.05, 0.1) is 43.7 Å². The molecule has 10 nitrogen and oxygen atoms in total. The van der Waals surface area contributed by atoms with Crippen LogP contribution < -0.4 is 15.0 Å². The van der Waals surface area contributed by atoms with Crippen molar-refractivity contribution in [2.24, 2.45) is 0 Å². The Morgan fingerprint density at radius 1 is 0.971 bits per heavy atom. The van der Waals surface area contributed by atoms with Crippen LogP contribution in [0.5, 0.6) is 5.75 Å². The summed E-state index contributed by atoms with van der Waals surface area (Å²) < 4.78 is 10.5. The first-order valence-electron chi connectivity index (χ1n) is 11.6. The van der Waals surface area contributed by atoms with Crippen LogP contribution in [0.25, 0.3) is 0 Å². The van der Waals surface area contributed by atoms with Gasteiger partial charge in [-0.05, 0) is 30.3 Å². The molecule has 35 heavy (non-hydrogen) atoms. The maximum absolute atomic E-state index is 12.8. The number of hydrogen-bond donors (Lipinski definition) is 2. The van der Waals surface area contributed by atoms with Gasteiger partial charge in [-0.25, -0.2) is 4.79 Å². The third-order valence-corrected chi connectivity index (χ3v) is 6.29. The van der Waals surface area contributed by atoms with Gasteiger partial charge in [0.25, 0.3) is 5.91 Å². The van der Waals surface area contributed by atoms with Crippen LogP contribution in [0.2, 0.25) is 0 Å². The van der Waals surface area contributed by atoms with E-state index < -0.39 is 11.9 Å². The summed E-state index contributed by atoms with van der Waals surface area (Å²) in [6, 6.07) is 11.8. The topological polar surface area (TPSA) is 112 Å². The molecule has 0 bridgehead atoms. The lowest BCUT2D eigenvalue weighted by Gasteiger charge is -2.37. The number of benzene rings is 2. The summed E-state index contributed by atoms with van der Waals surface area (Å²) in [6.07, 6.45) is 0. The van der Waals surface area contributed by atoms with Crippen molar-refractivity contribution in [2.75, 3.05) is 76.4 Å². The van der Waals surface area contributed by atoms with Crippen LogP contribution in [0.4, 0.5) is 11.4 Å². The number of morpholine rings is 1. The Morgan fingerprint density at radius 3 is 2.37 bits per heavy atom. The number of carboxylic acids is 1. The van der Waals surface area contributed by atoms with Crippen LogP contribution in [0, 0.1) is 0 Å². The highest BCUT2D eigenvalue weighted by Gasteiger charge is 2.24. The van der Waals surface area contributed by atoms with E-state index in [1.165, 1.54) is 7.11 Å². The van der Waals surface area contributed by atoms with Crippen LogP contribution in [0.1, 0.15) is 20.7 Å². The fourth-order valence-electron chi connectivity index (χ4n) is 4.30. The van der Waals surface area contributed by atoms with Crippen molar-refractivity contribution in [1.29, 1.82) is 0 Å². The van der Waals surface area contributed by atoms with Crippen LogP contribution in [-0.2, 0) is 9.53 Å². The van der Waals surface area contributed by atoms with Gasteiger partial charge in [-0.1, -0.05) is 12.1 Å². The van der Waals surface area contributed by atoms with E-state index >= 15 is 0 Å². The van der Waals surface area contributed by atoms with Crippen LogP contribution in [0.3, 0.4) is 0 Å². The maximum Gasteiger partial charge on any atom is 0.337 e. The first kappa shape index (κ1) is 24.5. The van der Waals surface area contributed by atoms with Crippen molar-refractivity contribution in [3.8, 4) is 5.75 Å². The number of anilines is 2. The molecule has 2 aliphatic rings. The van der Waals surface area contributed by atoms with Gasteiger partial charge >= 0.3 is 5.97 Å². The van der Waals surface area contributed by atoms with E-state index in [1.54, 1.807) is 42.5 Å². The van der Waals surface area contributed by atoms with Crippen molar-refractivity contribution >= 4 is 29.2 Å². The molecule has 0 radical (unpaired) electrons. The molecule has 2 fully saturated rings. The summed E-state index contributed by atoms with van der Waals surface area (Å²) in [5, 5.41) is 12.5. The first-order valence-corrected chi connectivity index (χ1v) is 11.6. The molecule has 186 valence electrons. The average Bonchev–Trinajstić information content (AvgIpc) is 2.89. The minimum absolute atomic E-state index is 0.00988. The third-order valence-electron chi connectivity index (χ3n) is 6.29. The Labute approximate surface area is 204 Å². The summed E-state index contributed by atoms with van der Waals surface area (Å²) in [6.45, 7) is 5.55. The van der Waals surface area contributed by atoms with Gasteiger partial charge in [0.15, 0.2) is 0 Å². The molecule has 2 aliphatic heterocycles. The minimum atomic E-state index is -1.13. The second-order valence-corrected chi connectivity index (χ2v) is 8.45. The molecule has 0 aliphatic carbocycles. The Bertz CT molecular complexity index is 1080. The fourth-order valence-corrected chi connectivity index (χ4v) is 4.30. The standard InChI is InChI=1S/C25H30N4O6/c1-34-22-5-3-2-4-19(22)24(31)26-21-7-6-18(16-20(21)25(32)33)28-10-8-27(9-11-28)17-23(30)29-12-14-35-15-13-29/h2-7,16H,8-15,17H2,1H3,(H,26,31)(H,32,33). The highest BCUT2D eigenvalue weighted by Crippen LogP contribution is 2.26. The van der Waals surface area contributed by atoms with E-state index in [0.717, 1.165) is 5.69 Å². The van der Waals surface area contributed by atoms with Crippen molar-refractivity contribution in [3.05, 3.63) is 53.6 Å². The highest BCUT2D eigenvalue weighted by molar-refractivity contribution is 6.09. The van der Waals surface area contributed by atoms with E-state index in [0.29, 0.717) is 70.3 Å². The molecule has 0 aromatic heterocycles. The minimum Gasteiger partial charge on any atom is -0.496 e. The SMILES string of the molecule is COc1ccccc1C(=O)Nc1ccc(N2CCN(CC(=O)N3CCOCC3)CC2)cc1C(=O)O. The number of methoxy groups -OCH3 is 1. The predicted octanol–water partition coefficient (Wildman–Crippen LogP) is 1.63. The van der Waals surface area contributed by atoms with E-state index in [1.807, 2.05) is 4.90 Å². The van der Waals surface area contributed by atoms with Gasteiger partial charge in [-0.2, -0.15) is 0 Å². The monoisotopic (exact) mass is 482 g/mol. The molecule has 0 atom stereocenters. The molecular formula is C25H30N4O6. The molecule has 0 saturated carbocycles. The number of piperazine rings is 1. The number of carbonyl (C=O) groups is 3. The number of nitrogens with zero attached hydrogens (tertiary/aromatic N) is 3. The van der Waals surface area contributed by atoms with Crippen molar-refractivity contribution in [2.45, 2.75) is 0 Å². The first-order chi connectivity index (χ1) is 17.0. The summed E-state index contributed by atoms with van der Waals surface area (Å²) >= 11 is 0. The normalized spacial score (nSPS) is 16.6. The molecule has 4 rings (SSSR count). The molecule has 0 unspecified atom stereocenters. The van der Waals surface area contributed by atoms with Crippen molar-refractivity contribution in [3.63, 3.8) is 0 Å². The zero-order valence-corrected chi connectivity index (χ0v) is 19.7. The highest BCUT2D eigenvalue weighted by atomic mass is 16.5. The molecule has 2 saturated heterocycles. The van der Waals surface area contributed by atoms with Crippen molar-refractivity contribution < 1.29 is 29.0 Å². The molecule has 2 aromatic rings. The summed E-state index contributed by atoms with van der Waals surface area (Å²) in [4.78, 5) is 43.3. The number of carboxylic acid groups (broad SMARTS) is 1. The second kappa shape index (κ2) is 11.2. The summed E-state index contributed by atoms with van der Waals surface area (Å²) in [7, 11) is 1.47. The quantitative estimate of drug-likeness (QED) is 0.613. The number of aromatic carboxylic acids is 1. The van der Waals surface area contributed by atoms with Gasteiger partial charge in [-0.15, -0.1) is 0 Å². The van der Waals surface area contributed by atoms with E-state index in [-0.39, 0.29) is 17.2 Å². The molecular weight excluding hydrogens is 452 g/mol. The number of ether oxygens (including phenoxy) is 2. The Morgan fingerprint density at radius 2 is 1.69 bits per heavy atom. The van der Waals surface area contributed by atoms with Gasteiger partial charge in [-0.3, -0.25) is 14.5 Å². The molecule has 2 aromatic carbocycles. The zero-order chi connectivity index (χ0) is 24.8. The lowest BCUT2D eigenvalue weighted by Crippen LogP contribution is -2.51. The molecule has 2 amide bonds. The van der Waals surface area contributed by atoms with E-state index in [2.05, 4.69) is 15.1 Å². The third kappa shape index (κ3) is 5.90. The number of para-hydroxylation sites is 1. The fraction of sp³-hybridized carbons (Fsp3) is 0.400. The lowest BCUT2D eigenvalue weighted by molar-refractivity contribution is -0.136. The number of carbonyl (C=O) groups excluding carboxylic acids is 2. The van der Waals surface area contributed by atoms with Gasteiger partial charge in [0, 0.05) is 45.0 Å². The van der Waals surface area contributed by atoms with Gasteiger partial charge in [0.2, 0.25) is 5.91 Å². The summed E-state index contributed by atoms with van der Waals surface area (Å²) in [5.74, 6) is -1.05. The molecule has 10 heteroatoms. The van der Waals surface area contributed by atoms with Crippen LogP contribution >= 0.6 is 0 Å². The largest absolute Gasteiger partial charge is 0.496 e. The van der Waals surface area contributed by atoms with Gasteiger partial charge < -0.3 is 29.7 Å². The molecule has 2 heterocycles. The molecule has 0 spiro atoms. The van der Waals surface area contributed by atoms with E-state index in [4.69, 9.17) is 9.47 Å². The lowest BCUT2D eigenvalue weighted by atomic mass is 10.1. The van der Waals surface area contributed by atoms with Crippen LogP contribution in [0.15, 0.2) is 42.5 Å². The average molecular weight is 483 g/mol. The van der Waals surface area contributed by atoms with Gasteiger partial charge in [0.1, 0.15) is 5.75 Å². The van der Waals surface area contributed by atoms with Crippen molar-refractivity contribution in [1.82, 2.24) is 9.80 Å². The van der Waals surface area contributed by atoms with E-state index in [9.17, 15) is 19.5 Å². The Hall–Kier alpha value is -3.63. The Balaban J connectivity index is 1.39. The predicted molar refractivity (Wildman–Crippen MR) is 130 cm³/mol. The number of rotatable bonds is 7. The van der Waals surface area contributed by atoms with Crippen LogP contribution in [-0.4, -0.2) is 98.8 Å². The number of amides is 2. The Kier molecular flexibility index (Phi) is 7.84. The molecule has 2 N–H and O–H groups in total. The number of nitrogens with one attached hydrogen (secondary N) is 1. The zero-order valence-electron chi connectivity index (χ0n) is 19.7. The maximum atomic E-state index is 12.8. The smallest absolute Gasteiger partial charge is 0.337 e. The second-order valence-electron chi connectivity index (χ2n) is 8.45. The number of hydrogen-bond acceptors (Lipinski definition) is 7.